The number of hydrogen-bond acceptors (Lipinski definition) is 5. The molecular weight excluding hydrogens is 222 g/mol. The molecule has 1 heterocycles. The number of nitrogens with zero attached hydrogens (tertiary/aromatic N) is 1. The summed E-state index contributed by atoms with van der Waals surface area (Å²) >= 11 is 0. The van der Waals surface area contributed by atoms with E-state index >= 15 is 0 Å². The van der Waals surface area contributed by atoms with Crippen LogP contribution in [0.5, 0.6) is 0 Å². The maximum Gasteiger partial charge on any atom is 0.292 e. The number of hydrogen-bond donors (Lipinski definition) is 2. The second kappa shape index (κ2) is 4.56. The van der Waals surface area contributed by atoms with Gasteiger partial charge in [-0.3, -0.25) is 10.1 Å². The maximum atomic E-state index is 10.6. The van der Waals surface area contributed by atoms with Crippen LogP contribution in [0, 0.1) is 10.1 Å². The first-order valence-corrected chi connectivity index (χ1v) is 4.95. The van der Waals surface area contributed by atoms with E-state index in [1.807, 2.05) is 6.07 Å². The van der Waals surface area contributed by atoms with Gasteiger partial charge in [-0.1, -0.05) is 0 Å². The van der Waals surface area contributed by atoms with Crippen LogP contribution in [0.15, 0.2) is 41.2 Å². The molecule has 0 aliphatic heterocycles. The van der Waals surface area contributed by atoms with E-state index in [0.717, 1.165) is 11.3 Å². The average molecular weight is 233 g/mol. The summed E-state index contributed by atoms with van der Waals surface area (Å²) in [6.07, 6.45) is 3.21. The van der Waals surface area contributed by atoms with Gasteiger partial charge in [-0.2, -0.15) is 0 Å². The molecule has 17 heavy (non-hydrogen) atoms. The van der Waals surface area contributed by atoms with Crippen molar-refractivity contribution >= 4 is 17.1 Å². The zero-order chi connectivity index (χ0) is 12.3. The zero-order valence-electron chi connectivity index (χ0n) is 8.92. The number of furan rings is 1. The van der Waals surface area contributed by atoms with Gasteiger partial charge in [0, 0.05) is 23.9 Å². The van der Waals surface area contributed by atoms with Gasteiger partial charge < -0.3 is 15.5 Å². The number of anilines is 2. The Morgan fingerprint density at radius 2 is 2.24 bits per heavy atom. The molecule has 0 saturated carbocycles. The molecule has 0 saturated heterocycles. The average Bonchev–Trinajstić information content (AvgIpc) is 2.78. The normalized spacial score (nSPS) is 10.1. The number of benzene rings is 1. The Bertz CT molecular complexity index is 523. The molecule has 88 valence electrons. The summed E-state index contributed by atoms with van der Waals surface area (Å²) in [5.74, 6) is 0. The molecule has 0 aliphatic rings. The quantitative estimate of drug-likeness (QED) is 0.480. The molecule has 0 atom stereocenters. The van der Waals surface area contributed by atoms with Crippen molar-refractivity contribution < 1.29 is 9.34 Å². The van der Waals surface area contributed by atoms with Gasteiger partial charge >= 0.3 is 0 Å². The first kappa shape index (κ1) is 11.0. The van der Waals surface area contributed by atoms with Gasteiger partial charge in [0.2, 0.25) is 0 Å². The van der Waals surface area contributed by atoms with Crippen LogP contribution >= 0.6 is 0 Å². The number of rotatable bonds is 4. The van der Waals surface area contributed by atoms with E-state index in [2.05, 4.69) is 5.32 Å². The number of nitrogens with two attached hydrogens (primary N) is 1. The Morgan fingerprint density at radius 3 is 2.82 bits per heavy atom. The third-order valence-corrected chi connectivity index (χ3v) is 2.30. The summed E-state index contributed by atoms with van der Waals surface area (Å²) in [4.78, 5) is 10.1. The van der Waals surface area contributed by atoms with Crippen molar-refractivity contribution in [2.45, 2.75) is 6.54 Å². The molecule has 0 spiro atoms. The minimum atomic E-state index is -0.505. The molecule has 0 amide bonds. The van der Waals surface area contributed by atoms with E-state index in [1.165, 1.54) is 12.1 Å². The molecule has 0 aliphatic carbocycles. The van der Waals surface area contributed by atoms with Gasteiger partial charge in [0.25, 0.3) is 5.69 Å². The zero-order valence-corrected chi connectivity index (χ0v) is 8.92. The van der Waals surface area contributed by atoms with Crippen molar-refractivity contribution in [3.8, 4) is 0 Å². The summed E-state index contributed by atoms with van der Waals surface area (Å²) in [6.45, 7) is 0.577. The van der Waals surface area contributed by atoms with Gasteiger partial charge in [-0.05, 0) is 18.2 Å². The Hall–Kier alpha value is -2.50. The lowest BCUT2D eigenvalue weighted by molar-refractivity contribution is -0.383. The summed E-state index contributed by atoms with van der Waals surface area (Å²) in [5.41, 5.74) is 7.35. The fourth-order valence-electron chi connectivity index (χ4n) is 1.43. The van der Waals surface area contributed by atoms with E-state index in [-0.39, 0.29) is 11.4 Å². The van der Waals surface area contributed by atoms with Crippen molar-refractivity contribution in [1.82, 2.24) is 0 Å². The minimum Gasteiger partial charge on any atom is -0.472 e. The molecule has 0 bridgehead atoms. The number of nitro benzene ring substituents is 1. The standard InChI is InChI=1S/C11H11N3O3/c12-10-5-9(1-2-11(10)14(15)16)13-6-8-3-4-17-7-8/h1-5,7,13H,6,12H2. The Morgan fingerprint density at radius 1 is 1.41 bits per heavy atom. The fourth-order valence-corrected chi connectivity index (χ4v) is 1.43. The fraction of sp³-hybridized carbons (Fsp3) is 0.0909. The van der Waals surface area contributed by atoms with Crippen LogP contribution in [-0.4, -0.2) is 4.92 Å². The van der Waals surface area contributed by atoms with Gasteiger partial charge in [0.15, 0.2) is 0 Å². The van der Waals surface area contributed by atoms with Crippen molar-refractivity contribution in [3.63, 3.8) is 0 Å². The first-order valence-electron chi connectivity index (χ1n) is 4.95. The van der Waals surface area contributed by atoms with E-state index in [1.54, 1.807) is 18.6 Å². The van der Waals surface area contributed by atoms with Crippen LogP contribution in [0.1, 0.15) is 5.56 Å². The van der Waals surface area contributed by atoms with Gasteiger partial charge in [-0.25, -0.2) is 0 Å². The number of nitrogen functional groups attached to an aromatic ring is 1. The molecule has 6 nitrogen and oxygen atoms in total. The molecule has 2 rings (SSSR count). The topological polar surface area (TPSA) is 94.3 Å². The number of nitro groups is 1. The van der Waals surface area contributed by atoms with Crippen molar-refractivity contribution in [2.75, 3.05) is 11.1 Å². The monoisotopic (exact) mass is 233 g/mol. The Labute approximate surface area is 97.2 Å². The maximum absolute atomic E-state index is 10.6. The minimum absolute atomic E-state index is 0.0844. The molecule has 1 aromatic heterocycles. The van der Waals surface area contributed by atoms with Crippen LogP contribution in [0.2, 0.25) is 0 Å². The van der Waals surface area contributed by atoms with Crippen LogP contribution in [0.25, 0.3) is 0 Å². The second-order valence-corrected chi connectivity index (χ2v) is 3.52. The predicted octanol–water partition coefficient (Wildman–Crippen LogP) is 2.38. The highest BCUT2D eigenvalue weighted by Crippen LogP contribution is 2.24. The van der Waals surface area contributed by atoms with Crippen molar-refractivity contribution in [3.05, 3.63) is 52.5 Å². The third kappa shape index (κ3) is 2.54. The third-order valence-electron chi connectivity index (χ3n) is 2.30. The molecule has 0 unspecified atom stereocenters. The highest BCUT2D eigenvalue weighted by atomic mass is 16.6. The van der Waals surface area contributed by atoms with Crippen LogP contribution < -0.4 is 11.1 Å². The lowest BCUT2D eigenvalue weighted by Gasteiger charge is -2.05. The molecule has 0 fully saturated rings. The SMILES string of the molecule is Nc1cc(NCc2ccoc2)ccc1[N+](=O)[O-]. The molecular formula is C11H11N3O3. The highest BCUT2D eigenvalue weighted by molar-refractivity contribution is 5.65. The number of nitrogens with one attached hydrogen (secondary N) is 1. The summed E-state index contributed by atoms with van der Waals surface area (Å²) < 4.78 is 4.92. The predicted molar refractivity (Wildman–Crippen MR) is 63.5 cm³/mol. The van der Waals surface area contributed by atoms with E-state index in [0.29, 0.717) is 6.54 Å². The van der Waals surface area contributed by atoms with Crippen molar-refractivity contribution in [2.24, 2.45) is 0 Å². The van der Waals surface area contributed by atoms with Gasteiger partial charge in [0.1, 0.15) is 5.69 Å². The molecule has 1 aromatic carbocycles. The van der Waals surface area contributed by atoms with Crippen molar-refractivity contribution in [1.29, 1.82) is 0 Å². The lowest BCUT2D eigenvalue weighted by atomic mass is 10.2. The van der Waals surface area contributed by atoms with Crippen LogP contribution in [0.4, 0.5) is 17.1 Å². The lowest BCUT2D eigenvalue weighted by Crippen LogP contribution is -2.00. The van der Waals surface area contributed by atoms with E-state index < -0.39 is 4.92 Å². The largest absolute Gasteiger partial charge is 0.472 e. The smallest absolute Gasteiger partial charge is 0.292 e. The Kier molecular flexibility index (Phi) is 2.95. The van der Waals surface area contributed by atoms with E-state index in [9.17, 15) is 10.1 Å². The van der Waals surface area contributed by atoms with Gasteiger partial charge in [0.05, 0.1) is 17.4 Å². The van der Waals surface area contributed by atoms with Crippen LogP contribution in [0.3, 0.4) is 0 Å². The summed E-state index contributed by atoms with van der Waals surface area (Å²) in [7, 11) is 0. The van der Waals surface area contributed by atoms with Crippen LogP contribution in [-0.2, 0) is 6.54 Å². The summed E-state index contributed by atoms with van der Waals surface area (Å²) in [5, 5.41) is 13.7. The highest BCUT2D eigenvalue weighted by Gasteiger charge is 2.10. The molecule has 2 aromatic rings. The Balaban J connectivity index is 2.07. The summed E-state index contributed by atoms with van der Waals surface area (Å²) in [6, 6.07) is 6.38. The molecule has 6 heteroatoms. The van der Waals surface area contributed by atoms with Gasteiger partial charge in [-0.15, -0.1) is 0 Å². The molecule has 3 N–H and O–H groups in total. The first-order chi connectivity index (χ1) is 8.16. The second-order valence-electron chi connectivity index (χ2n) is 3.52. The molecule has 0 radical (unpaired) electrons. The van der Waals surface area contributed by atoms with E-state index in [4.69, 9.17) is 10.2 Å².